The molecule has 0 bridgehead atoms. The highest BCUT2D eigenvalue weighted by atomic mass is 16.5. The normalized spacial score (nSPS) is 20.2. The maximum absolute atomic E-state index is 10.3. The zero-order valence-electron chi connectivity index (χ0n) is 15.4. The molecule has 0 radical (unpaired) electrons. The Hall–Kier alpha value is -2.30. The summed E-state index contributed by atoms with van der Waals surface area (Å²) in [6.07, 6.45) is 2.41. The second-order valence-corrected chi connectivity index (χ2v) is 7.01. The lowest BCUT2D eigenvalue weighted by Crippen LogP contribution is -2.23. The fourth-order valence-corrected chi connectivity index (χ4v) is 3.95. The minimum Gasteiger partial charge on any atom is -0.504 e. The van der Waals surface area contributed by atoms with Gasteiger partial charge in [0.2, 0.25) is 0 Å². The van der Waals surface area contributed by atoms with Gasteiger partial charge in [0.15, 0.2) is 11.5 Å². The van der Waals surface area contributed by atoms with E-state index in [-0.39, 0.29) is 5.75 Å². The zero-order valence-corrected chi connectivity index (χ0v) is 15.4. The van der Waals surface area contributed by atoms with Gasteiger partial charge in [-0.15, -0.1) is 6.58 Å². The molecule has 0 saturated carbocycles. The van der Waals surface area contributed by atoms with Gasteiger partial charge in [-0.2, -0.15) is 0 Å². The molecule has 138 valence electrons. The van der Waals surface area contributed by atoms with Crippen molar-refractivity contribution in [1.82, 2.24) is 4.90 Å². The lowest BCUT2D eigenvalue weighted by molar-refractivity contribution is 0.314. The second-order valence-electron chi connectivity index (χ2n) is 7.01. The molecule has 1 aliphatic heterocycles. The van der Waals surface area contributed by atoms with E-state index in [1.807, 2.05) is 12.1 Å². The lowest BCUT2D eigenvalue weighted by atomic mass is 9.89. The van der Waals surface area contributed by atoms with Crippen LogP contribution in [0.4, 0.5) is 0 Å². The first-order valence-corrected chi connectivity index (χ1v) is 9.13. The Morgan fingerprint density at radius 2 is 2.04 bits per heavy atom. The third-order valence-corrected chi connectivity index (χ3v) is 5.25. The van der Waals surface area contributed by atoms with Crippen molar-refractivity contribution in [2.45, 2.75) is 18.9 Å². The number of hydrogen-bond acceptors (Lipinski definition) is 4. The van der Waals surface area contributed by atoms with Crippen LogP contribution in [-0.2, 0) is 13.0 Å². The molecule has 4 nitrogen and oxygen atoms in total. The SMILES string of the molecule is C=CCc1cc(CN2C[C@@H](CN)[C@H](c3ccccc3)C2)cc(OC)c1O. The summed E-state index contributed by atoms with van der Waals surface area (Å²) in [6.45, 7) is 7.26. The van der Waals surface area contributed by atoms with E-state index < -0.39 is 0 Å². The number of methoxy groups -OCH3 is 1. The number of benzene rings is 2. The van der Waals surface area contributed by atoms with Crippen LogP contribution in [0, 0.1) is 5.92 Å². The molecule has 1 aliphatic rings. The number of phenolic OH excluding ortho intramolecular Hbond substituents is 1. The second kappa shape index (κ2) is 8.39. The molecule has 26 heavy (non-hydrogen) atoms. The maximum atomic E-state index is 10.3. The first kappa shape index (κ1) is 18.5. The fourth-order valence-electron chi connectivity index (χ4n) is 3.95. The van der Waals surface area contributed by atoms with Crippen molar-refractivity contribution < 1.29 is 9.84 Å². The maximum Gasteiger partial charge on any atom is 0.161 e. The van der Waals surface area contributed by atoms with Crippen molar-refractivity contribution in [3.05, 3.63) is 71.8 Å². The number of ether oxygens (including phenoxy) is 1. The van der Waals surface area contributed by atoms with Crippen LogP contribution in [0.3, 0.4) is 0 Å². The number of nitrogens with zero attached hydrogens (tertiary/aromatic N) is 1. The predicted octanol–water partition coefficient (Wildman–Crippen LogP) is 3.30. The zero-order chi connectivity index (χ0) is 18.5. The van der Waals surface area contributed by atoms with Crippen LogP contribution in [0.2, 0.25) is 0 Å². The molecule has 1 heterocycles. The lowest BCUT2D eigenvalue weighted by Gasteiger charge is -2.18. The van der Waals surface area contributed by atoms with Gasteiger partial charge in [-0.3, -0.25) is 4.90 Å². The molecular weight excluding hydrogens is 324 g/mol. The monoisotopic (exact) mass is 352 g/mol. The standard InChI is InChI=1S/C22H28N2O2/c1-3-7-18-10-16(11-21(26-2)22(18)25)13-24-14-19(12-23)20(15-24)17-8-5-4-6-9-17/h3-6,8-11,19-20,25H,1,7,12-15,23H2,2H3/t19-,20+/m1/s1. The molecule has 0 aliphatic carbocycles. The topological polar surface area (TPSA) is 58.7 Å². The van der Waals surface area contributed by atoms with Crippen LogP contribution in [0.1, 0.15) is 22.6 Å². The highest BCUT2D eigenvalue weighted by molar-refractivity contribution is 5.49. The summed E-state index contributed by atoms with van der Waals surface area (Å²) < 4.78 is 5.35. The van der Waals surface area contributed by atoms with Gasteiger partial charge in [-0.1, -0.05) is 42.5 Å². The summed E-state index contributed by atoms with van der Waals surface area (Å²) in [5, 5.41) is 10.3. The molecule has 2 aromatic rings. The van der Waals surface area contributed by atoms with Crippen LogP contribution in [0.5, 0.6) is 11.5 Å². The third-order valence-electron chi connectivity index (χ3n) is 5.25. The number of likely N-dealkylation sites (tertiary alicyclic amines) is 1. The summed E-state index contributed by atoms with van der Waals surface area (Å²) in [5.74, 6) is 1.66. The molecule has 4 heteroatoms. The van der Waals surface area contributed by atoms with Gasteiger partial charge in [0.25, 0.3) is 0 Å². The van der Waals surface area contributed by atoms with Crippen LogP contribution >= 0.6 is 0 Å². The van der Waals surface area contributed by atoms with Gasteiger partial charge in [0.05, 0.1) is 7.11 Å². The van der Waals surface area contributed by atoms with E-state index in [2.05, 4.69) is 41.8 Å². The molecule has 0 aromatic heterocycles. The third kappa shape index (κ3) is 3.92. The van der Waals surface area contributed by atoms with Crippen molar-refractivity contribution in [3.63, 3.8) is 0 Å². The molecule has 3 rings (SSSR count). The average Bonchev–Trinajstić information content (AvgIpc) is 3.08. The van der Waals surface area contributed by atoms with Gasteiger partial charge in [0, 0.05) is 31.1 Å². The van der Waals surface area contributed by atoms with Crippen molar-refractivity contribution in [1.29, 1.82) is 0 Å². The smallest absolute Gasteiger partial charge is 0.161 e. The van der Waals surface area contributed by atoms with Gasteiger partial charge >= 0.3 is 0 Å². The molecule has 2 atom stereocenters. The van der Waals surface area contributed by atoms with E-state index in [9.17, 15) is 5.11 Å². The Kier molecular flexibility index (Phi) is 5.96. The largest absolute Gasteiger partial charge is 0.504 e. The van der Waals surface area contributed by atoms with E-state index in [0.717, 1.165) is 30.8 Å². The van der Waals surface area contributed by atoms with Crippen molar-refractivity contribution >= 4 is 0 Å². The van der Waals surface area contributed by atoms with Crippen LogP contribution < -0.4 is 10.5 Å². The number of nitrogens with two attached hydrogens (primary N) is 1. The number of aromatic hydroxyl groups is 1. The molecule has 0 amide bonds. The molecule has 3 N–H and O–H groups in total. The van der Waals surface area contributed by atoms with Crippen LogP contribution in [0.15, 0.2) is 55.1 Å². The number of phenols is 1. The molecule has 1 saturated heterocycles. The van der Waals surface area contributed by atoms with Crippen LogP contribution in [0.25, 0.3) is 0 Å². The fraction of sp³-hybridized carbons (Fsp3) is 0.364. The van der Waals surface area contributed by atoms with Crippen molar-refractivity contribution in [3.8, 4) is 11.5 Å². The van der Waals surface area contributed by atoms with Crippen molar-refractivity contribution in [2.24, 2.45) is 11.7 Å². The Morgan fingerprint density at radius 1 is 1.27 bits per heavy atom. The quantitative estimate of drug-likeness (QED) is 0.751. The number of hydrogen-bond donors (Lipinski definition) is 2. The van der Waals surface area contributed by atoms with Gasteiger partial charge in [-0.05, 0) is 36.1 Å². The Labute approximate surface area is 155 Å². The van der Waals surface area contributed by atoms with E-state index in [1.165, 1.54) is 5.56 Å². The first-order valence-electron chi connectivity index (χ1n) is 9.13. The predicted molar refractivity (Wildman–Crippen MR) is 106 cm³/mol. The Bertz CT molecular complexity index is 745. The van der Waals surface area contributed by atoms with Crippen LogP contribution in [-0.4, -0.2) is 36.8 Å². The highest BCUT2D eigenvalue weighted by Crippen LogP contribution is 2.35. The van der Waals surface area contributed by atoms with Gasteiger partial charge < -0.3 is 15.6 Å². The first-order chi connectivity index (χ1) is 12.7. The van der Waals surface area contributed by atoms with E-state index in [4.69, 9.17) is 10.5 Å². The van der Waals surface area contributed by atoms with E-state index in [0.29, 0.717) is 30.6 Å². The summed E-state index contributed by atoms with van der Waals surface area (Å²) in [6, 6.07) is 14.6. The molecule has 2 aromatic carbocycles. The Balaban J connectivity index is 1.79. The molecule has 0 unspecified atom stereocenters. The summed E-state index contributed by atoms with van der Waals surface area (Å²) >= 11 is 0. The minimum absolute atomic E-state index is 0.208. The molecule has 0 spiro atoms. The molecule has 1 fully saturated rings. The highest BCUT2D eigenvalue weighted by Gasteiger charge is 2.32. The number of rotatable bonds is 7. The van der Waals surface area contributed by atoms with E-state index in [1.54, 1.807) is 13.2 Å². The van der Waals surface area contributed by atoms with Gasteiger partial charge in [-0.25, -0.2) is 0 Å². The summed E-state index contributed by atoms with van der Waals surface area (Å²) in [7, 11) is 1.59. The minimum atomic E-state index is 0.208. The number of allylic oxidation sites excluding steroid dienone is 1. The average molecular weight is 352 g/mol. The summed E-state index contributed by atoms with van der Waals surface area (Å²) in [5.41, 5.74) is 9.41. The summed E-state index contributed by atoms with van der Waals surface area (Å²) in [4.78, 5) is 2.44. The van der Waals surface area contributed by atoms with Crippen molar-refractivity contribution in [2.75, 3.05) is 26.7 Å². The Morgan fingerprint density at radius 3 is 2.69 bits per heavy atom. The molecular formula is C22H28N2O2. The van der Waals surface area contributed by atoms with Gasteiger partial charge in [0.1, 0.15) is 0 Å². The van der Waals surface area contributed by atoms with E-state index >= 15 is 0 Å².